The molecule has 13 heavy (non-hydrogen) atoms. The van der Waals surface area contributed by atoms with E-state index in [1.165, 1.54) is 0 Å². The number of rotatable bonds is 2. The van der Waals surface area contributed by atoms with Crippen LogP contribution in [0.1, 0.15) is 20.3 Å². The normalized spacial score (nSPS) is 45.9. The average Bonchev–Trinajstić information content (AvgIpc) is 1.99. The van der Waals surface area contributed by atoms with E-state index in [1.54, 1.807) is 13.0 Å². The monoisotopic (exact) mass is 208 g/mol. The van der Waals surface area contributed by atoms with Gasteiger partial charge in [-0.25, -0.2) is 4.57 Å². The maximum atomic E-state index is 12.8. The van der Waals surface area contributed by atoms with Crippen LogP contribution in [0.2, 0.25) is 0 Å². The van der Waals surface area contributed by atoms with Gasteiger partial charge in [0.1, 0.15) is 0 Å². The van der Waals surface area contributed by atoms with E-state index in [1.807, 2.05) is 6.92 Å². The first kappa shape index (κ1) is 10.9. The first-order valence-electron chi connectivity index (χ1n) is 4.13. The van der Waals surface area contributed by atoms with E-state index in [0.717, 1.165) is 0 Å². The summed E-state index contributed by atoms with van der Waals surface area (Å²) in [6.07, 6.45) is 1.95. The molecular formula is C8H14FO3P. The summed E-state index contributed by atoms with van der Waals surface area (Å²) in [5.74, 6) is 0. The van der Waals surface area contributed by atoms with E-state index < -0.39 is 14.0 Å². The third-order valence-electron chi connectivity index (χ3n) is 2.42. The zero-order valence-electron chi connectivity index (χ0n) is 7.83. The second-order valence-corrected chi connectivity index (χ2v) is 4.93. The quantitative estimate of drug-likeness (QED) is 0.516. The minimum absolute atomic E-state index is 0.105. The molecule has 1 rings (SSSR count). The van der Waals surface area contributed by atoms with Crippen LogP contribution in [-0.4, -0.2) is 12.7 Å². The van der Waals surface area contributed by atoms with E-state index in [4.69, 9.17) is 0 Å². The molecule has 3 nitrogen and oxygen atoms in total. The van der Waals surface area contributed by atoms with Gasteiger partial charge < -0.3 is 0 Å². The van der Waals surface area contributed by atoms with Crippen molar-refractivity contribution in [3.8, 4) is 0 Å². The highest BCUT2D eigenvalue weighted by Gasteiger charge is 2.44. The molecule has 0 aromatic carbocycles. The van der Waals surface area contributed by atoms with Crippen LogP contribution in [0.5, 0.6) is 0 Å². The number of halogens is 1. The lowest BCUT2D eigenvalue weighted by Crippen LogP contribution is -2.38. The highest BCUT2D eigenvalue weighted by molar-refractivity contribution is 7.48. The van der Waals surface area contributed by atoms with Crippen LogP contribution >= 0.6 is 7.91 Å². The van der Waals surface area contributed by atoms with Crippen molar-refractivity contribution in [3.63, 3.8) is 0 Å². The van der Waals surface area contributed by atoms with Crippen molar-refractivity contribution in [3.05, 3.63) is 12.7 Å². The Morgan fingerprint density at radius 1 is 1.85 bits per heavy atom. The van der Waals surface area contributed by atoms with Gasteiger partial charge in [-0.2, -0.15) is 0 Å². The summed E-state index contributed by atoms with van der Waals surface area (Å²) < 4.78 is 32.8. The van der Waals surface area contributed by atoms with E-state index in [-0.39, 0.29) is 12.0 Å². The third kappa shape index (κ3) is 2.39. The highest BCUT2D eigenvalue weighted by Crippen LogP contribution is 2.58. The highest BCUT2D eigenvalue weighted by atomic mass is 31.2. The topological polar surface area (TPSA) is 35.5 Å². The lowest BCUT2D eigenvalue weighted by atomic mass is 9.83. The van der Waals surface area contributed by atoms with Crippen LogP contribution in [0.25, 0.3) is 0 Å². The molecule has 0 bridgehead atoms. The summed E-state index contributed by atoms with van der Waals surface area (Å²) >= 11 is 0. The van der Waals surface area contributed by atoms with Gasteiger partial charge in [-0.3, -0.25) is 9.05 Å². The molecule has 3 atom stereocenters. The summed E-state index contributed by atoms with van der Waals surface area (Å²) in [4.78, 5) is 0. The van der Waals surface area contributed by atoms with Crippen LogP contribution in [0, 0.1) is 5.41 Å². The van der Waals surface area contributed by atoms with Crippen LogP contribution in [-0.2, 0) is 13.6 Å². The number of hydrogen-bond donors (Lipinski definition) is 0. The molecule has 0 saturated carbocycles. The fourth-order valence-corrected chi connectivity index (χ4v) is 2.39. The van der Waals surface area contributed by atoms with Crippen molar-refractivity contribution < 1.29 is 17.8 Å². The zero-order valence-corrected chi connectivity index (χ0v) is 8.72. The maximum absolute atomic E-state index is 12.8. The van der Waals surface area contributed by atoms with Crippen molar-refractivity contribution in [2.24, 2.45) is 5.41 Å². The van der Waals surface area contributed by atoms with Crippen LogP contribution in [0.15, 0.2) is 12.7 Å². The van der Waals surface area contributed by atoms with Gasteiger partial charge in [0, 0.05) is 5.41 Å². The zero-order chi connectivity index (χ0) is 10.1. The SMILES string of the molecule is C=CCC1(C)COP(=O)(F)OC1C. The van der Waals surface area contributed by atoms with Gasteiger partial charge in [0.15, 0.2) is 0 Å². The molecule has 1 aliphatic rings. The van der Waals surface area contributed by atoms with Crippen LogP contribution in [0.3, 0.4) is 0 Å². The molecule has 0 N–H and O–H groups in total. The van der Waals surface area contributed by atoms with Gasteiger partial charge in [-0.15, -0.1) is 10.8 Å². The molecule has 0 aromatic rings. The molecule has 1 heterocycles. The van der Waals surface area contributed by atoms with Crippen molar-refractivity contribution in [1.82, 2.24) is 0 Å². The van der Waals surface area contributed by atoms with Crippen molar-refractivity contribution >= 4 is 7.91 Å². The Labute approximate surface area is 77.6 Å². The van der Waals surface area contributed by atoms with E-state index in [9.17, 15) is 8.76 Å². The van der Waals surface area contributed by atoms with Gasteiger partial charge >= 0.3 is 7.91 Å². The summed E-state index contributed by atoms with van der Waals surface area (Å²) in [6.45, 7) is 7.28. The van der Waals surface area contributed by atoms with E-state index in [2.05, 4.69) is 15.6 Å². The predicted molar refractivity (Wildman–Crippen MR) is 48.1 cm³/mol. The molecule has 0 aliphatic carbocycles. The van der Waals surface area contributed by atoms with Crippen molar-refractivity contribution in [2.45, 2.75) is 26.4 Å². The first-order valence-corrected chi connectivity index (χ1v) is 5.56. The van der Waals surface area contributed by atoms with Gasteiger partial charge in [0.05, 0.1) is 12.7 Å². The fraction of sp³-hybridized carbons (Fsp3) is 0.750. The second-order valence-electron chi connectivity index (χ2n) is 3.60. The minimum atomic E-state index is -4.28. The molecule has 5 heteroatoms. The Kier molecular flexibility index (Phi) is 2.95. The second kappa shape index (κ2) is 3.52. The van der Waals surface area contributed by atoms with E-state index in [0.29, 0.717) is 6.42 Å². The third-order valence-corrected chi connectivity index (χ3v) is 3.43. The summed E-state index contributed by atoms with van der Waals surface area (Å²) in [7, 11) is -4.28. The molecule has 0 aromatic heterocycles. The summed E-state index contributed by atoms with van der Waals surface area (Å²) in [5, 5.41) is 0. The first-order chi connectivity index (χ1) is 5.90. The Morgan fingerprint density at radius 2 is 2.46 bits per heavy atom. The number of hydrogen-bond acceptors (Lipinski definition) is 3. The van der Waals surface area contributed by atoms with Crippen molar-refractivity contribution in [1.29, 1.82) is 0 Å². The molecule has 76 valence electrons. The smallest absolute Gasteiger partial charge is 0.283 e. The van der Waals surface area contributed by atoms with Crippen molar-refractivity contribution in [2.75, 3.05) is 6.61 Å². The van der Waals surface area contributed by atoms with Gasteiger partial charge in [0.25, 0.3) is 0 Å². The molecule has 1 aliphatic heterocycles. The maximum Gasteiger partial charge on any atom is 0.513 e. The van der Waals surface area contributed by atoms with Crippen LogP contribution in [0.4, 0.5) is 4.20 Å². The average molecular weight is 208 g/mol. The Bertz CT molecular complexity index is 256. The number of allylic oxidation sites excluding steroid dienone is 1. The molecular weight excluding hydrogens is 194 g/mol. The molecule has 1 saturated heterocycles. The molecule has 0 radical (unpaired) electrons. The Hall–Kier alpha value is -0.180. The molecule has 3 unspecified atom stereocenters. The molecule has 0 amide bonds. The minimum Gasteiger partial charge on any atom is -0.283 e. The van der Waals surface area contributed by atoms with Gasteiger partial charge in [-0.1, -0.05) is 13.0 Å². The van der Waals surface area contributed by atoms with Gasteiger partial charge in [0.2, 0.25) is 0 Å². The standard InChI is InChI=1S/C8H14FO3P/c1-4-5-8(3)6-11-13(9,10)12-7(8)2/h4,7H,1,5-6H2,2-3H3. The lowest BCUT2D eigenvalue weighted by molar-refractivity contribution is -0.0357. The Balaban J connectivity index is 2.72. The largest absolute Gasteiger partial charge is 0.513 e. The summed E-state index contributed by atoms with van der Waals surface area (Å²) in [5.41, 5.74) is -0.332. The summed E-state index contributed by atoms with van der Waals surface area (Å²) in [6, 6.07) is 0. The fourth-order valence-electron chi connectivity index (χ4n) is 1.24. The Morgan fingerprint density at radius 3 is 2.92 bits per heavy atom. The molecule has 0 spiro atoms. The predicted octanol–water partition coefficient (Wildman–Crippen LogP) is 3.08. The lowest BCUT2D eigenvalue weighted by Gasteiger charge is -2.38. The molecule has 1 fully saturated rings. The van der Waals surface area contributed by atoms with E-state index >= 15 is 0 Å². The van der Waals surface area contributed by atoms with Crippen LogP contribution < -0.4 is 0 Å². The van der Waals surface area contributed by atoms with Gasteiger partial charge in [-0.05, 0) is 13.3 Å².